The zero-order valence-electron chi connectivity index (χ0n) is 5.89. The van der Waals surface area contributed by atoms with Crippen LogP contribution in [0.15, 0.2) is 16.7 Å². The van der Waals surface area contributed by atoms with Gasteiger partial charge >= 0.3 is 0 Å². The molecule has 1 aliphatic rings. The molecule has 3 nitrogen and oxygen atoms in total. The third kappa shape index (κ3) is 1.18. The minimum absolute atomic E-state index is 0.936. The first-order valence-corrected chi connectivity index (χ1v) is 4.29. The molecule has 0 saturated heterocycles. The largest absolute Gasteiger partial charge is 0.379 e. The van der Waals surface area contributed by atoms with Crippen molar-refractivity contribution < 1.29 is 0 Å². The van der Waals surface area contributed by atoms with E-state index in [0.717, 1.165) is 29.1 Å². The van der Waals surface area contributed by atoms with Crippen molar-refractivity contribution in [1.29, 1.82) is 0 Å². The highest BCUT2D eigenvalue weighted by Gasteiger charge is 2.10. The summed E-state index contributed by atoms with van der Waals surface area (Å²) in [6.07, 6.45) is 1.78. The van der Waals surface area contributed by atoms with E-state index in [1.807, 2.05) is 6.07 Å². The lowest BCUT2D eigenvalue weighted by Gasteiger charge is -2.19. The quantitative estimate of drug-likeness (QED) is 0.689. The van der Waals surface area contributed by atoms with Crippen molar-refractivity contribution in [3.05, 3.63) is 16.7 Å². The van der Waals surface area contributed by atoms with Crippen molar-refractivity contribution in [3.63, 3.8) is 0 Å². The van der Waals surface area contributed by atoms with Crippen molar-refractivity contribution in [2.75, 3.05) is 23.7 Å². The van der Waals surface area contributed by atoms with Crippen molar-refractivity contribution in [3.8, 4) is 0 Å². The Balaban J connectivity index is 2.49. The summed E-state index contributed by atoms with van der Waals surface area (Å²) in [6.45, 7) is 1.90. The van der Waals surface area contributed by atoms with Crippen LogP contribution in [-0.2, 0) is 0 Å². The summed E-state index contributed by atoms with van der Waals surface area (Å²) in [6, 6.07) is 1.93. The summed E-state index contributed by atoms with van der Waals surface area (Å²) < 4.78 is 1.06. The second kappa shape index (κ2) is 2.70. The van der Waals surface area contributed by atoms with E-state index in [1.165, 1.54) is 0 Å². The van der Waals surface area contributed by atoms with E-state index in [9.17, 15) is 0 Å². The van der Waals surface area contributed by atoms with E-state index >= 15 is 0 Å². The fourth-order valence-corrected chi connectivity index (χ4v) is 1.56. The van der Waals surface area contributed by atoms with E-state index in [1.54, 1.807) is 6.20 Å². The van der Waals surface area contributed by atoms with Gasteiger partial charge in [0, 0.05) is 23.8 Å². The SMILES string of the molecule is Brc1ccnc2c1NCCN2. The number of anilines is 2. The number of halogens is 1. The summed E-state index contributed by atoms with van der Waals surface area (Å²) in [7, 11) is 0. The zero-order chi connectivity index (χ0) is 7.68. The highest BCUT2D eigenvalue weighted by molar-refractivity contribution is 9.10. The number of pyridine rings is 1. The number of nitrogens with one attached hydrogen (secondary N) is 2. The molecule has 4 heteroatoms. The minimum Gasteiger partial charge on any atom is -0.379 e. The Morgan fingerprint density at radius 1 is 1.36 bits per heavy atom. The second-order valence-electron chi connectivity index (χ2n) is 2.37. The summed E-state index contributed by atoms with van der Waals surface area (Å²) >= 11 is 3.44. The van der Waals surface area contributed by atoms with E-state index < -0.39 is 0 Å². The topological polar surface area (TPSA) is 37.0 Å². The minimum atomic E-state index is 0.936. The van der Waals surface area contributed by atoms with E-state index in [2.05, 4.69) is 31.5 Å². The van der Waals surface area contributed by atoms with Gasteiger partial charge in [-0.1, -0.05) is 0 Å². The Labute approximate surface area is 73.3 Å². The van der Waals surface area contributed by atoms with Crippen LogP contribution in [-0.4, -0.2) is 18.1 Å². The van der Waals surface area contributed by atoms with Gasteiger partial charge < -0.3 is 10.6 Å². The fourth-order valence-electron chi connectivity index (χ4n) is 1.11. The van der Waals surface area contributed by atoms with Crippen LogP contribution < -0.4 is 10.6 Å². The molecule has 58 valence electrons. The van der Waals surface area contributed by atoms with Crippen LogP contribution in [0.1, 0.15) is 0 Å². The first-order valence-electron chi connectivity index (χ1n) is 3.50. The number of aromatic nitrogens is 1. The first kappa shape index (κ1) is 6.91. The van der Waals surface area contributed by atoms with Gasteiger partial charge in [-0.05, 0) is 22.0 Å². The number of hydrogen-bond donors (Lipinski definition) is 2. The molecular weight excluding hydrogens is 206 g/mol. The maximum absolute atomic E-state index is 4.18. The smallest absolute Gasteiger partial charge is 0.150 e. The molecule has 0 aliphatic carbocycles. The van der Waals surface area contributed by atoms with Crippen molar-refractivity contribution in [2.24, 2.45) is 0 Å². The molecule has 0 radical (unpaired) electrons. The lowest BCUT2D eigenvalue weighted by molar-refractivity contribution is 1.02. The molecule has 0 atom stereocenters. The fraction of sp³-hybridized carbons (Fsp3) is 0.286. The maximum atomic E-state index is 4.18. The van der Waals surface area contributed by atoms with Crippen LogP contribution in [0.2, 0.25) is 0 Å². The Morgan fingerprint density at radius 3 is 3.00 bits per heavy atom. The Kier molecular flexibility index (Phi) is 1.69. The van der Waals surface area contributed by atoms with Crippen molar-refractivity contribution in [2.45, 2.75) is 0 Å². The van der Waals surface area contributed by atoms with Gasteiger partial charge in [0.1, 0.15) is 0 Å². The average molecular weight is 214 g/mol. The average Bonchev–Trinajstić information content (AvgIpc) is 2.06. The van der Waals surface area contributed by atoms with Crippen LogP contribution in [0.5, 0.6) is 0 Å². The molecule has 11 heavy (non-hydrogen) atoms. The molecule has 0 spiro atoms. The zero-order valence-corrected chi connectivity index (χ0v) is 7.48. The monoisotopic (exact) mass is 213 g/mol. The van der Waals surface area contributed by atoms with Gasteiger partial charge in [0.15, 0.2) is 5.82 Å². The van der Waals surface area contributed by atoms with Gasteiger partial charge in [0.2, 0.25) is 0 Å². The van der Waals surface area contributed by atoms with Crippen LogP contribution in [0, 0.1) is 0 Å². The van der Waals surface area contributed by atoms with Gasteiger partial charge in [0.25, 0.3) is 0 Å². The number of rotatable bonds is 0. The third-order valence-corrected chi connectivity index (χ3v) is 2.28. The molecule has 1 aromatic rings. The van der Waals surface area contributed by atoms with Crippen LogP contribution in [0.3, 0.4) is 0 Å². The molecular formula is C7H8BrN3. The summed E-state index contributed by atoms with van der Waals surface area (Å²) in [5, 5.41) is 6.46. The molecule has 0 amide bonds. The Morgan fingerprint density at radius 2 is 2.18 bits per heavy atom. The maximum Gasteiger partial charge on any atom is 0.150 e. The van der Waals surface area contributed by atoms with Crippen LogP contribution >= 0.6 is 15.9 Å². The number of fused-ring (bicyclic) bond motifs is 1. The Hall–Kier alpha value is -0.770. The third-order valence-electron chi connectivity index (χ3n) is 1.62. The van der Waals surface area contributed by atoms with Gasteiger partial charge in [-0.15, -0.1) is 0 Å². The van der Waals surface area contributed by atoms with Crippen LogP contribution in [0.4, 0.5) is 11.5 Å². The molecule has 2 heterocycles. The highest BCUT2D eigenvalue weighted by atomic mass is 79.9. The normalized spacial score (nSPS) is 14.6. The molecule has 1 aromatic heterocycles. The van der Waals surface area contributed by atoms with Gasteiger partial charge in [-0.25, -0.2) is 4.98 Å². The van der Waals surface area contributed by atoms with Gasteiger partial charge in [-0.2, -0.15) is 0 Å². The lowest BCUT2D eigenvalue weighted by Crippen LogP contribution is -2.21. The standard InChI is InChI=1S/C7H8BrN3/c8-5-1-2-10-7-6(5)9-3-4-11-7/h1-2,9H,3-4H2,(H,10,11). The predicted octanol–water partition coefficient (Wildman–Crippen LogP) is 1.68. The van der Waals surface area contributed by atoms with Gasteiger partial charge in [-0.3, -0.25) is 0 Å². The predicted molar refractivity (Wildman–Crippen MR) is 48.9 cm³/mol. The highest BCUT2D eigenvalue weighted by Crippen LogP contribution is 2.29. The van der Waals surface area contributed by atoms with E-state index in [-0.39, 0.29) is 0 Å². The molecule has 0 fully saturated rings. The Bertz CT molecular complexity index is 274. The molecule has 0 aromatic carbocycles. The molecule has 0 saturated carbocycles. The van der Waals surface area contributed by atoms with E-state index in [0.29, 0.717) is 0 Å². The number of nitrogens with zero attached hydrogens (tertiary/aromatic N) is 1. The van der Waals surface area contributed by atoms with Gasteiger partial charge in [0.05, 0.1) is 5.69 Å². The molecule has 2 N–H and O–H groups in total. The summed E-state index contributed by atoms with van der Waals surface area (Å²) in [4.78, 5) is 4.18. The molecule has 1 aliphatic heterocycles. The first-order chi connectivity index (χ1) is 5.38. The molecule has 2 rings (SSSR count). The van der Waals surface area contributed by atoms with Crippen molar-refractivity contribution >= 4 is 27.4 Å². The molecule has 0 unspecified atom stereocenters. The van der Waals surface area contributed by atoms with Crippen molar-refractivity contribution in [1.82, 2.24) is 4.98 Å². The number of hydrogen-bond acceptors (Lipinski definition) is 3. The van der Waals surface area contributed by atoms with E-state index in [4.69, 9.17) is 0 Å². The second-order valence-corrected chi connectivity index (χ2v) is 3.22. The molecule has 0 bridgehead atoms. The summed E-state index contributed by atoms with van der Waals surface area (Å²) in [5.74, 6) is 0.936. The lowest BCUT2D eigenvalue weighted by atomic mass is 10.3. The van der Waals surface area contributed by atoms with Crippen LogP contribution in [0.25, 0.3) is 0 Å². The summed E-state index contributed by atoms with van der Waals surface area (Å²) in [5.41, 5.74) is 1.07.